The van der Waals surface area contributed by atoms with Crippen LogP contribution in [-0.4, -0.2) is 50.4 Å². The van der Waals surface area contributed by atoms with Gasteiger partial charge in [-0.05, 0) is 43.9 Å². The van der Waals surface area contributed by atoms with Gasteiger partial charge in [0, 0.05) is 23.2 Å². The predicted molar refractivity (Wildman–Crippen MR) is 134 cm³/mol. The number of aliphatic hydroxyl groups is 1. The molecule has 188 valence electrons. The average Bonchev–Trinajstić information content (AvgIpc) is 3.54. The number of rotatable bonds is 12. The minimum atomic E-state index is -0.288. The first-order chi connectivity index (χ1) is 16.9. The highest BCUT2D eigenvalue weighted by Crippen LogP contribution is 2.26. The fraction of sp³-hybridized carbons (Fsp3) is 0.462. The van der Waals surface area contributed by atoms with Crippen LogP contribution in [0.25, 0.3) is 22.7 Å². The number of hydrogen-bond acceptors (Lipinski definition) is 6. The molecule has 2 aromatic heterocycles. The normalized spacial score (nSPS) is 11.3. The molecule has 35 heavy (non-hydrogen) atoms. The van der Waals surface area contributed by atoms with E-state index in [0.29, 0.717) is 22.8 Å². The number of carbonyl (C=O) groups excluding carboxylic acids is 2. The van der Waals surface area contributed by atoms with Crippen LogP contribution in [0.15, 0.2) is 40.9 Å². The molecule has 0 fully saturated rings. The van der Waals surface area contributed by atoms with E-state index >= 15 is 0 Å². The largest absolute Gasteiger partial charge is 0.431 e. The summed E-state index contributed by atoms with van der Waals surface area (Å²) in [6, 6.07) is 9.29. The smallest absolute Gasteiger partial charge is 0.288 e. The first kappa shape index (κ1) is 26.2. The summed E-state index contributed by atoms with van der Waals surface area (Å²) in [5.74, 6) is -0.0275. The monoisotopic (exact) mass is 481 g/mol. The van der Waals surface area contributed by atoms with Crippen LogP contribution in [0.2, 0.25) is 0 Å². The molecule has 3 rings (SSSR count). The Balaban J connectivity index is 1.86. The molecule has 0 aliphatic rings. The highest BCUT2D eigenvalue weighted by molar-refractivity contribution is 5.94. The maximum atomic E-state index is 12.9. The van der Waals surface area contributed by atoms with Gasteiger partial charge in [-0.2, -0.15) is 5.10 Å². The minimum absolute atomic E-state index is 0.0770. The maximum Gasteiger partial charge on any atom is 0.288 e. The van der Waals surface area contributed by atoms with E-state index in [1.807, 2.05) is 52.0 Å². The molecule has 9 heteroatoms. The SMILES string of the molecule is CCC(CC)NC(=O)c1cnc(-c2cccc(-c3cc(C(=O)NC(CC)CC)n(CCO)n3)c2)o1. The van der Waals surface area contributed by atoms with Crippen molar-refractivity contribution in [2.24, 2.45) is 0 Å². The Morgan fingerprint density at radius 3 is 2.23 bits per heavy atom. The predicted octanol–water partition coefficient (Wildman–Crippen LogP) is 4.03. The Bertz CT molecular complexity index is 1130. The van der Waals surface area contributed by atoms with E-state index in [0.717, 1.165) is 31.2 Å². The molecule has 0 saturated heterocycles. The number of hydrogen-bond donors (Lipinski definition) is 3. The zero-order valence-corrected chi connectivity index (χ0v) is 20.9. The third-order valence-corrected chi connectivity index (χ3v) is 6.10. The van der Waals surface area contributed by atoms with Crippen molar-refractivity contribution in [2.45, 2.75) is 72.0 Å². The van der Waals surface area contributed by atoms with E-state index in [-0.39, 0.29) is 42.8 Å². The highest BCUT2D eigenvalue weighted by Gasteiger charge is 2.20. The van der Waals surface area contributed by atoms with Crippen molar-refractivity contribution in [3.63, 3.8) is 0 Å². The summed E-state index contributed by atoms with van der Waals surface area (Å²) >= 11 is 0. The van der Waals surface area contributed by atoms with Gasteiger partial charge in [0.2, 0.25) is 11.7 Å². The summed E-state index contributed by atoms with van der Waals surface area (Å²) in [5.41, 5.74) is 2.43. The maximum absolute atomic E-state index is 12.9. The second-order valence-corrected chi connectivity index (χ2v) is 8.45. The number of aromatic nitrogens is 3. The number of nitrogens with one attached hydrogen (secondary N) is 2. The van der Waals surface area contributed by atoms with Gasteiger partial charge < -0.3 is 20.2 Å². The molecule has 1 aromatic carbocycles. The molecular formula is C26H35N5O4. The van der Waals surface area contributed by atoms with Gasteiger partial charge in [-0.1, -0.05) is 39.8 Å². The summed E-state index contributed by atoms with van der Waals surface area (Å²) in [5, 5.41) is 20.0. The lowest BCUT2D eigenvalue weighted by Crippen LogP contribution is -2.35. The lowest BCUT2D eigenvalue weighted by atomic mass is 10.1. The summed E-state index contributed by atoms with van der Waals surface area (Å²) in [4.78, 5) is 29.6. The Kier molecular flexibility index (Phi) is 9.19. The van der Waals surface area contributed by atoms with Gasteiger partial charge in [0.1, 0.15) is 5.69 Å². The van der Waals surface area contributed by atoms with E-state index in [1.54, 1.807) is 6.07 Å². The highest BCUT2D eigenvalue weighted by atomic mass is 16.4. The molecule has 3 N–H and O–H groups in total. The molecule has 0 unspecified atom stereocenters. The van der Waals surface area contributed by atoms with Crippen LogP contribution >= 0.6 is 0 Å². The van der Waals surface area contributed by atoms with Crippen LogP contribution in [0.5, 0.6) is 0 Å². The van der Waals surface area contributed by atoms with Crippen LogP contribution in [0.1, 0.15) is 74.4 Å². The Morgan fingerprint density at radius 2 is 1.60 bits per heavy atom. The van der Waals surface area contributed by atoms with E-state index in [4.69, 9.17) is 4.42 Å². The molecule has 0 spiro atoms. The van der Waals surface area contributed by atoms with Crippen molar-refractivity contribution in [1.82, 2.24) is 25.4 Å². The molecule has 2 amide bonds. The molecule has 0 aliphatic heterocycles. The van der Waals surface area contributed by atoms with E-state index in [1.165, 1.54) is 10.9 Å². The van der Waals surface area contributed by atoms with Crippen LogP contribution in [0, 0.1) is 0 Å². The Labute approximate surface area is 205 Å². The summed E-state index contributed by atoms with van der Waals surface area (Å²) in [7, 11) is 0. The summed E-state index contributed by atoms with van der Waals surface area (Å²) < 4.78 is 7.26. The van der Waals surface area contributed by atoms with Crippen LogP contribution < -0.4 is 10.6 Å². The quantitative estimate of drug-likeness (QED) is 0.359. The third kappa shape index (κ3) is 6.36. The van der Waals surface area contributed by atoms with Gasteiger partial charge in [0.15, 0.2) is 0 Å². The number of aliphatic hydroxyl groups excluding tert-OH is 1. The van der Waals surface area contributed by atoms with Gasteiger partial charge in [-0.3, -0.25) is 14.3 Å². The zero-order valence-electron chi connectivity index (χ0n) is 20.9. The van der Waals surface area contributed by atoms with Crippen molar-refractivity contribution in [3.8, 4) is 22.7 Å². The molecule has 2 heterocycles. The fourth-order valence-electron chi connectivity index (χ4n) is 3.83. The van der Waals surface area contributed by atoms with Gasteiger partial charge in [-0.25, -0.2) is 4.98 Å². The lowest BCUT2D eigenvalue weighted by molar-refractivity contribution is 0.0904. The van der Waals surface area contributed by atoms with Crippen LogP contribution in [0.4, 0.5) is 0 Å². The van der Waals surface area contributed by atoms with Crippen molar-refractivity contribution in [2.75, 3.05) is 6.61 Å². The van der Waals surface area contributed by atoms with Gasteiger partial charge in [-0.15, -0.1) is 0 Å². The van der Waals surface area contributed by atoms with Gasteiger partial charge >= 0.3 is 0 Å². The van der Waals surface area contributed by atoms with E-state index in [2.05, 4.69) is 20.7 Å². The summed E-state index contributed by atoms with van der Waals surface area (Å²) in [6.45, 7) is 8.17. The van der Waals surface area contributed by atoms with Gasteiger partial charge in [0.25, 0.3) is 11.8 Å². The first-order valence-corrected chi connectivity index (χ1v) is 12.3. The molecule has 0 aliphatic carbocycles. The molecule has 0 saturated carbocycles. The number of carbonyl (C=O) groups is 2. The number of amides is 2. The molecule has 3 aromatic rings. The third-order valence-electron chi connectivity index (χ3n) is 6.10. The number of benzene rings is 1. The number of oxazole rings is 1. The van der Waals surface area contributed by atoms with E-state index in [9.17, 15) is 14.7 Å². The second kappa shape index (κ2) is 12.3. The van der Waals surface area contributed by atoms with Crippen molar-refractivity contribution in [1.29, 1.82) is 0 Å². The van der Waals surface area contributed by atoms with Crippen LogP contribution in [0.3, 0.4) is 0 Å². The molecule has 9 nitrogen and oxygen atoms in total. The average molecular weight is 482 g/mol. The van der Waals surface area contributed by atoms with Crippen LogP contribution in [-0.2, 0) is 6.54 Å². The zero-order chi connectivity index (χ0) is 25.4. The second-order valence-electron chi connectivity index (χ2n) is 8.45. The Hall–Kier alpha value is -3.46. The first-order valence-electron chi connectivity index (χ1n) is 12.3. The standard InChI is InChI=1S/C26H35N5O4/c1-5-19(6-2)28-24(33)22-15-21(30-31(22)12-13-32)17-10-9-11-18(14-17)26-27-16-23(35-26)25(34)29-20(7-3)8-4/h9-11,14-16,19-20,32H,5-8,12-13H2,1-4H3,(H,28,33)(H,29,34). The van der Waals surface area contributed by atoms with Crippen molar-refractivity contribution in [3.05, 3.63) is 48.0 Å². The summed E-state index contributed by atoms with van der Waals surface area (Å²) in [6.07, 6.45) is 4.77. The van der Waals surface area contributed by atoms with Crippen molar-refractivity contribution < 1.29 is 19.1 Å². The fourth-order valence-corrected chi connectivity index (χ4v) is 3.83. The number of nitrogens with zero attached hydrogens (tertiary/aromatic N) is 3. The molecular weight excluding hydrogens is 446 g/mol. The van der Waals surface area contributed by atoms with E-state index < -0.39 is 0 Å². The van der Waals surface area contributed by atoms with Crippen molar-refractivity contribution >= 4 is 11.8 Å². The minimum Gasteiger partial charge on any atom is -0.431 e. The Morgan fingerprint density at radius 1 is 0.971 bits per heavy atom. The molecule has 0 radical (unpaired) electrons. The lowest BCUT2D eigenvalue weighted by Gasteiger charge is -2.15. The topological polar surface area (TPSA) is 122 Å². The van der Waals surface area contributed by atoms with Gasteiger partial charge in [0.05, 0.1) is 25.0 Å². The molecule has 0 atom stereocenters. The molecule has 0 bridgehead atoms.